The highest BCUT2D eigenvalue weighted by Crippen LogP contribution is 2.27. The average Bonchev–Trinajstić information content (AvgIpc) is 2.21. The first-order valence-corrected chi connectivity index (χ1v) is 6.38. The molecule has 0 aliphatic heterocycles. The van der Waals surface area contributed by atoms with Crippen LogP contribution in [0.2, 0.25) is 5.02 Å². The molecule has 4 nitrogen and oxygen atoms in total. The number of hydrogen-bond acceptors (Lipinski definition) is 2. The molecule has 0 bridgehead atoms. The van der Waals surface area contributed by atoms with E-state index in [9.17, 15) is 9.59 Å². The Morgan fingerprint density at radius 1 is 1.44 bits per heavy atom. The van der Waals surface area contributed by atoms with Gasteiger partial charge in [-0.3, -0.25) is 9.59 Å². The van der Waals surface area contributed by atoms with Gasteiger partial charge in [0, 0.05) is 10.9 Å². The number of carbonyl (C=O) groups is 2. The summed E-state index contributed by atoms with van der Waals surface area (Å²) < 4.78 is 0.802. The van der Waals surface area contributed by atoms with E-state index in [4.69, 9.17) is 16.7 Å². The minimum Gasteiger partial charge on any atom is -0.481 e. The lowest BCUT2D eigenvalue weighted by atomic mass is 9.89. The van der Waals surface area contributed by atoms with Crippen molar-refractivity contribution in [3.8, 4) is 0 Å². The van der Waals surface area contributed by atoms with E-state index in [1.165, 1.54) is 13.8 Å². The summed E-state index contributed by atoms with van der Waals surface area (Å²) in [5.41, 5.74) is -0.641. The van der Waals surface area contributed by atoms with Crippen LogP contribution in [-0.4, -0.2) is 17.0 Å². The van der Waals surface area contributed by atoms with Crippen molar-refractivity contribution >= 4 is 45.1 Å². The zero-order valence-corrected chi connectivity index (χ0v) is 12.3. The summed E-state index contributed by atoms with van der Waals surface area (Å²) in [5, 5.41) is 11.9. The van der Waals surface area contributed by atoms with Crippen molar-refractivity contribution in [3.63, 3.8) is 0 Å². The number of carbonyl (C=O) groups excluding carboxylic acids is 1. The van der Waals surface area contributed by atoms with Crippen LogP contribution in [0.25, 0.3) is 0 Å². The molecule has 0 fully saturated rings. The summed E-state index contributed by atoms with van der Waals surface area (Å²) in [6.45, 7) is 3.00. The Kier molecular flexibility index (Phi) is 4.76. The second-order valence-electron chi connectivity index (χ2n) is 4.54. The summed E-state index contributed by atoms with van der Waals surface area (Å²) in [5.74, 6) is -1.40. The number of halogens is 2. The number of benzene rings is 1. The van der Waals surface area contributed by atoms with Crippen molar-refractivity contribution in [2.75, 3.05) is 5.32 Å². The molecule has 1 aromatic rings. The molecule has 18 heavy (non-hydrogen) atoms. The quantitative estimate of drug-likeness (QED) is 0.885. The van der Waals surface area contributed by atoms with Crippen molar-refractivity contribution < 1.29 is 14.7 Å². The van der Waals surface area contributed by atoms with Crippen molar-refractivity contribution in [2.24, 2.45) is 5.41 Å². The molecule has 0 saturated heterocycles. The molecular formula is C12H13BrClNO3. The Bertz CT molecular complexity index is 488. The van der Waals surface area contributed by atoms with Crippen LogP contribution in [-0.2, 0) is 9.59 Å². The molecule has 1 rings (SSSR count). The molecule has 0 radical (unpaired) electrons. The predicted octanol–water partition coefficient (Wildman–Crippen LogP) is 3.54. The van der Waals surface area contributed by atoms with Gasteiger partial charge in [-0.1, -0.05) is 27.5 Å². The molecule has 2 N–H and O–H groups in total. The summed E-state index contributed by atoms with van der Waals surface area (Å²) in [6.07, 6.45) is -0.116. The molecule has 0 heterocycles. The maximum atomic E-state index is 11.7. The van der Waals surface area contributed by atoms with Crippen molar-refractivity contribution in [1.82, 2.24) is 0 Å². The third-order valence-electron chi connectivity index (χ3n) is 2.39. The SMILES string of the molecule is CC(C)(CC(=O)Nc1ccc(Br)cc1Cl)C(=O)O. The normalized spacial score (nSPS) is 11.1. The highest BCUT2D eigenvalue weighted by molar-refractivity contribution is 9.10. The van der Waals surface area contributed by atoms with Crippen LogP contribution in [0.5, 0.6) is 0 Å². The number of amides is 1. The van der Waals surface area contributed by atoms with Gasteiger partial charge in [0.2, 0.25) is 5.91 Å². The Balaban J connectivity index is 2.74. The molecule has 0 saturated carbocycles. The zero-order valence-electron chi connectivity index (χ0n) is 9.96. The van der Waals surface area contributed by atoms with Gasteiger partial charge in [-0.2, -0.15) is 0 Å². The fourth-order valence-electron chi connectivity index (χ4n) is 1.26. The fraction of sp³-hybridized carbons (Fsp3) is 0.333. The summed E-state index contributed by atoms with van der Waals surface area (Å²) in [6, 6.07) is 5.04. The third kappa shape index (κ3) is 3.99. The monoisotopic (exact) mass is 333 g/mol. The molecule has 98 valence electrons. The van der Waals surface area contributed by atoms with E-state index in [0.29, 0.717) is 10.7 Å². The second-order valence-corrected chi connectivity index (χ2v) is 5.86. The molecule has 1 amide bonds. The lowest BCUT2D eigenvalue weighted by molar-refractivity contribution is -0.148. The van der Waals surface area contributed by atoms with E-state index >= 15 is 0 Å². The summed E-state index contributed by atoms with van der Waals surface area (Å²) in [4.78, 5) is 22.6. The summed E-state index contributed by atoms with van der Waals surface area (Å²) in [7, 11) is 0. The second kappa shape index (κ2) is 5.71. The first-order valence-electron chi connectivity index (χ1n) is 5.20. The molecular weight excluding hydrogens is 321 g/mol. The Labute approximate surface area is 118 Å². The van der Waals surface area contributed by atoms with Gasteiger partial charge < -0.3 is 10.4 Å². The number of carboxylic acid groups (broad SMARTS) is 1. The van der Waals surface area contributed by atoms with Crippen LogP contribution >= 0.6 is 27.5 Å². The van der Waals surface area contributed by atoms with Crippen LogP contribution in [0.4, 0.5) is 5.69 Å². The number of nitrogens with one attached hydrogen (secondary N) is 1. The first kappa shape index (κ1) is 15.0. The molecule has 0 unspecified atom stereocenters. The van der Waals surface area contributed by atoms with Crippen molar-refractivity contribution in [1.29, 1.82) is 0 Å². The third-order valence-corrected chi connectivity index (χ3v) is 3.19. The number of hydrogen-bond donors (Lipinski definition) is 2. The van der Waals surface area contributed by atoms with Crippen LogP contribution in [0.15, 0.2) is 22.7 Å². The van der Waals surface area contributed by atoms with Crippen LogP contribution in [0.1, 0.15) is 20.3 Å². The zero-order chi connectivity index (χ0) is 13.9. The number of rotatable bonds is 4. The van der Waals surface area contributed by atoms with E-state index < -0.39 is 11.4 Å². The van der Waals surface area contributed by atoms with Gasteiger partial charge in [0.1, 0.15) is 0 Å². The Morgan fingerprint density at radius 3 is 2.56 bits per heavy atom. The molecule has 6 heteroatoms. The van der Waals surface area contributed by atoms with Crippen LogP contribution in [0, 0.1) is 5.41 Å². The van der Waals surface area contributed by atoms with Gasteiger partial charge in [0.15, 0.2) is 0 Å². The minimum absolute atomic E-state index is 0.116. The maximum absolute atomic E-state index is 11.7. The van der Waals surface area contributed by atoms with Crippen LogP contribution in [0.3, 0.4) is 0 Å². The molecule has 0 aliphatic rings. The van der Waals surface area contributed by atoms with Gasteiger partial charge in [0.25, 0.3) is 0 Å². The van der Waals surface area contributed by atoms with Gasteiger partial charge in [-0.15, -0.1) is 0 Å². The van der Waals surface area contributed by atoms with E-state index in [1.807, 2.05) is 0 Å². The Morgan fingerprint density at radius 2 is 2.06 bits per heavy atom. The smallest absolute Gasteiger partial charge is 0.309 e. The number of aliphatic carboxylic acids is 1. The molecule has 0 aliphatic carbocycles. The lowest BCUT2D eigenvalue weighted by Crippen LogP contribution is -2.29. The Hall–Kier alpha value is -1.07. The van der Waals surface area contributed by atoms with Crippen molar-refractivity contribution in [2.45, 2.75) is 20.3 Å². The van der Waals surface area contributed by atoms with E-state index in [1.54, 1.807) is 18.2 Å². The summed E-state index contributed by atoms with van der Waals surface area (Å²) >= 11 is 9.20. The highest BCUT2D eigenvalue weighted by atomic mass is 79.9. The molecule has 0 spiro atoms. The molecule has 0 aromatic heterocycles. The average molecular weight is 335 g/mol. The van der Waals surface area contributed by atoms with Gasteiger partial charge in [-0.05, 0) is 32.0 Å². The highest BCUT2D eigenvalue weighted by Gasteiger charge is 2.30. The minimum atomic E-state index is -1.11. The molecule has 0 atom stereocenters. The van der Waals surface area contributed by atoms with E-state index in [-0.39, 0.29) is 12.3 Å². The standard InChI is InChI=1S/C12H13BrClNO3/c1-12(2,11(17)18)6-10(16)15-9-4-3-7(13)5-8(9)14/h3-5H,6H2,1-2H3,(H,15,16)(H,17,18). The largest absolute Gasteiger partial charge is 0.481 e. The fourth-order valence-corrected chi connectivity index (χ4v) is 1.98. The first-order chi connectivity index (χ1) is 8.22. The number of anilines is 1. The van der Waals surface area contributed by atoms with E-state index in [0.717, 1.165) is 4.47 Å². The number of carboxylic acids is 1. The maximum Gasteiger partial charge on any atom is 0.309 e. The van der Waals surface area contributed by atoms with Crippen LogP contribution < -0.4 is 5.32 Å². The van der Waals surface area contributed by atoms with Crippen molar-refractivity contribution in [3.05, 3.63) is 27.7 Å². The lowest BCUT2D eigenvalue weighted by Gasteiger charge is -2.18. The topological polar surface area (TPSA) is 66.4 Å². The predicted molar refractivity (Wildman–Crippen MR) is 73.8 cm³/mol. The van der Waals surface area contributed by atoms with Gasteiger partial charge >= 0.3 is 5.97 Å². The van der Waals surface area contributed by atoms with Gasteiger partial charge in [-0.25, -0.2) is 0 Å². The van der Waals surface area contributed by atoms with Gasteiger partial charge in [0.05, 0.1) is 16.1 Å². The van der Waals surface area contributed by atoms with E-state index in [2.05, 4.69) is 21.2 Å². The molecule has 1 aromatic carbocycles.